The summed E-state index contributed by atoms with van der Waals surface area (Å²) < 4.78 is 5.01. The van der Waals surface area contributed by atoms with Crippen molar-refractivity contribution in [2.45, 2.75) is 0 Å². The Kier molecular flexibility index (Phi) is 2.91. The lowest BCUT2D eigenvalue weighted by molar-refractivity contribution is 0.0818. The number of amides is 1. The molecule has 1 aromatic rings. The van der Waals surface area contributed by atoms with Crippen molar-refractivity contribution in [2.24, 2.45) is 0 Å². The highest BCUT2D eigenvalue weighted by Gasteiger charge is 2.17. The fraction of sp³-hybridized carbons (Fsp3) is 0.333. The first-order valence-electron chi connectivity index (χ1n) is 4.08. The van der Waals surface area contributed by atoms with Crippen LogP contribution in [0.5, 0.6) is 5.75 Å². The van der Waals surface area contributed by atoms with Crippen LogP contribution in [0.4, 0.5) is 5.69 Å². The van der Waals surface area contributed by atoms with Gasteiger partial charge in [0.2, 0.25) is 0 Å². The summed E-state index contributed by atoms with van der Waals surface area (Å²) in [7, 11) is 4.75. The van der Waals surface area contributed by atoms with E-state index in [0.29, 0.717) is 11.4 Å². The molecule has 5 nitrogen and oxygen atoms in total. The molecular formula is C9H13N3O2. The van der Waals surface area contributed by atoms with Crippen molar-refractivity contribution in [3.63, 3.8) is 0 Å². The number of nitrogen functional groups attached to an aromatic ring is 1. The van der Waals surface area contributed by atoms with Crippen LogP contribution < -0.4 is 10.5 Å². The van der Waals surface area contributed by atoms with Gasteiger partial charge in [0.15, 0.2) is 11.4 Å². The van der Waals surface area contributed by atoms with Crippen LogP contribution in [0.3, 0.4) is 0 Å². The molecular weight excluding hydrogens is 182 g/mol. The average Bonchev–Trinajstić information content (AvgIpc) is 2.16. The number of methoxy groups -OCH3 is 1. The zero-order valence-electron chi connectivity index (χ0n) is 8.44. The minimum atomic E-state index is -0.228. The molecule has 1 heterocycles. The molecule has 14 heavy (non-hydrogen) atoms. The number of hydrogen-bond donors (Lipinski definition) is 1. The third-order valence-corrected chi connectivity index (χ3v) is 1.75. The van der Waals surface area contributed by atoms with E-state index in [1.165, 1.54) is 18.2 Å². The Bertz CT molecular complexity index is 350. The number of carbonyl (C=O) groups is 1. The molecule has 2 N–H and O–H groups in total. The Morgan fingerprint density at radius 1 is 1.57 bits per heavy atom. The molecule has 0 aliphatic rings. The molecule has 1 amide bonds. The van der Waals surface area contributed by atoms with Crippen molar-refractivity contribution in [3.8, 4) is 5.75 Å². The SMILES string of the molecule is COc1c(N)ccnc1C(=O)N(C)C. The second kappa shape index (κ2) is 3.95. The van der Waals surface area contributed by atoms with Gasteiger partial charge in [0, 0.05) is 20.3 Å². The number of aromatic nitrogens is 1. The summed E-state index contributed by atoms with van der Waals surface area (Å²) in [5.41, 5.74) is 6.28. The first-order valence-corrected chi connectivity index (χ1v) is 4.08. The number of nitrogens with zero attached hydrogens (tertiary/aromatic N) is 2. The molecule has 1 rings (SSSR count). The number of hydrogen-bond acceptors (Lipinski definition) is 4. The van der Waals surface area contributed by atoms with Gasteiger partial charge >= 0.3 is 0 Å². The van der Waals surface area contributed by atoms with Crippen molar-refractivity contribution in [1.29, 1.82) is 0 Å². The van der Waals surface area contributed by atoms with Gasteiger partial charge in [-0.05, 0) is 6.07 Å². The molecule has 1 aromatic heterocycles. The number of nitrogens with two attached hydrogens (primary N) is 1. The highest BCUT2D eigenvalue weighted by Crippen LogP contribution is 2.24. The van der Waals surface area contributed by atoms with Crippen molar-refractivity contribution in [1.82, 2.24) is 9.88 Å². The second-order valence-corrected chi connectivity index (χ2v) is 2.98. The average molecular weight is 195 g/mol. The van der Waals surface area contributed by atoms with Gasteiger partial charge in [-0.15, -0.1) is 0 Å². The van der Waals surface area contributed by atoms with Gasteiger partial charge in [0.25, 0.3) is 5.91 Å². The van der Waals surface area contributed by atoms with Crippen molar-refractivity contribution in [2.75, 3.05) is 26.9 Å². The fourth-order valence-electron chi connectivity index (χ4n) is 1.04. The lowest BCUT2D eigenvalue weighted by Gasteiger charge is -2.13. The Hall–Kier alpha value is -1.78. The van der Waals surface area contributed by atoms with Gasteiger partial charge in [0.05, 0.1) is 12.8 Å². The zero-order valence-corrected chi connectivity index (χ0v) is 8.44. The van der Waals surface area contributed by atoms with E-state index in [9.17, 15) is 4.79 Å². The van der Waals surface area contributed by atoms with Crippen LogP contribution >= 0.6 is 0 Å². The molecule has 0 saturated carbocycles. The maximum Gasteiger partial charge on any atom is 0.275 e. The molecule has 0 aromatic carbocycles. The highest BCUT2D eigenvalue weighted by atomic mass is 16.5. The predicted molar refractivity (Wildman–Crippen MR) is 53.2 cm³/mol. The summed E-state index contributed by atoms with van der Waals surface area (Å²) in [5, 5.41) is 0. The van der Waals surface area contributed by atoms with Crippen molar-refractivity contribution < 1.29 is 9.53 Å². The highest BCUT2D eigenvalue weighted by molar-refractivity contribution is 5.96. The Morgan fingerprint density at radius 3 is 2.71 bits per heavy atom. The van der Waals surface area contributed by atoms with Crippen LogP contribution in [0, 0.1) is 0 Å². The van der Waals surface area contributed by atoms with Crippen LogP contribution in [-0.2, 0) is 0 Å². The van der Waals surface area contributed by atoms with E-state index in [1.54, 1.807) is 20.2 Å². The molecule has 0 aliphatic carbocycles. The number of carbonyl (C=O) groups excluding carboxylic acids is 1. The van der Waals surface area contributed by atoms with Crippen LogP contribution in [0.25, 0.3) is 0 Å². The Balaban J connectivity index is 3.20. The summed E-state index contributed by atoms with van der Waals surface area (Å²) in [4.78, 5) is 17.0. The smallest absolute Gasteiger partial charge is 0.275 e. The minimum absolute atomic E-state index is 0.228. The van der Waals surface area contributed by atoms with Crippen LogP contribution in [0.2, 0.25) is 0 Å². The third kappa shape index (κ3) is 1.76. The monoisotopic (exact) mass is 195 g/mol. The molecule has 0 bridgehead atoms. The molecule has 0 radical (unpaired) electrons. The molecule has 0 spiro atoms. The summed E-state index contributed by atoms with van der Waals surface area (Å²) in [6.07, 6.45) is 1.48. The van der Waals surface area contributed by atoms with E-state index in [0.717, 1.165) is 0 Å². The van der Waals surface area contributed by atoms with Gasteiger partial charge in [0.1, 0.15) is 0 Å². The van der Waals surface area contributed by atoms with Crippen molar-refractivity contribution >= 4 is 11.6 Å². The van der Waals surface area contributed by atoms with Crippen LogP contribution in [-0.4, -0.2) is 37.0 Å². The van der Waals surface area contributed by atoms with Crippen LogP contribution in [0.15, 0.2) is 12.3 Å². The standard InChI is InChI=1S/C9H13N3O2/c1-12(2)9(13)7-8(14-3)6(10)4-5-11-7/h4-5H,1-3H3,(H2,10,11). The van der Waals surface area contributed by atoms with Gasteiger partial charge in [-0.3, -0.25) is 4.79 Å². The predicted octanol–water partition coefficient (Wildman–Crippen LogP) is 0.374. The van der Waals surface area contributed by atoms with E-state index in [1.807, 2.05) is 0 Å². The number of pyridine rings is 1. The number of anilines is 1. The largest absolute Gasteiger partial charge is 0.492 e. The van der Waals surface area contributed by atoms with E-state index in [4.69, 9.17) is 10.5 Å². The van der Waals surface area contributed by atoms with Gasteiger partial charge in [-0.2, -0.15) is 0 Å². The van der Waals surface area contributed by atoms with Crippen molar-refractivity contribution in [3.05, 3.63) is 18.0 Å². The van der Waals surface area contributed by atoms with E-state index in [-0.39, 0.29) is 11.6 Å². The maximum absolute atomic E-state index is 11.6. The molecule has 0 aliphatic heterocycles. The quantitative estimate of drug-likeness (QED) is 0.740. The minimum Gasteiger partial charge on any atom is -0.492 e. The molecule has 0 atom stereocenters. The zero-order chi connectivity index (χ0) is 10.7. The Labute approximate surface area is 82.5 Å². The van der Waals surface area contributed by atoms with Gasteiger partial charge in [-0.1, -0.05) is 0 Å². The lowest BCUT2D eigenvalue weighted by Crippen LogP contribution is -2.23. The van der Waals surface area contributed by atoms with E-state index in [2.05, 4.69) is 4.98 Å². The van der Waals surface area contributed by atoms with E-state index < -0.39 is 0 Å². The maximum atomic E-state index is 11.6. The topological polar surface area (TPSA) is 68.5 Å². The summed E-state index contributed by atoms with van der Waals surface area (Å²) >= 11 is 0. The lowest BCUT2D eigenvalue weighted by atomic mass is 10.2. The second-order valence-electron chi connectivity index (χ2n) is 2.98. The molecule has 0 saturated heterocycles. The van der Waals surface area contributed by atoms with E-state index >= 15 is 0 Å². The number of ether oxygens (including phenoxy) is 1. The van der Waals surface area contributed by atoms with Gasteiger partial charge in [-0.25, -0.2) is 4.98 Å². The number of rotatable bonds is 2. The molecule has 0 fully saturated rings. The summed E-state index contributed by atoms with van der Waals surface area (Å²) in [6, 6.07) is 1.59. The van der Waals surface area contributed by atoms with Gasteiger partial charge < -0.3 is 15.4 Å². The molecule has 76 valence electrons. The first-order chi connectivity index (χ1) is 6.57. The summed E-state index contributed by atoms with van der Waals surface area (Å²) in [5.74, 6) is 0.0975. The molecule has 5 heteroatoms. The summed E-state index contributed by atoms with van der Waals surface area (Å²) in [6.45, 7) is 0. The first kappa shape index (κ1) is 10.3. The molecule has 0 unspecified atom stereocenters. The third-order valence-electron chi connectivity index (χ3n) is 1.75. The fourth-order valence-corrected chi connectivity index (χ4v) is 1.04. The Morgan fingerprint density at radius 2 is 2.21 bits per heavy atom. The normalized spacial score (nSPS) is 9.64. The van der Waals surface area contributed by atoms with Crippen LogP contribution in [0.1, 0.15) is 10.5 Å².